The Bertz CT molecular complexity index is 387. The molecule has 8 unspecified atom stereocenters. The Morgan fingerprint density at radius 2 is 0.793 bits per heavy atom. The second-order valence-electron chi connectivity index (χ2n) is 4.99. The zero-order chi connectivity index (χ0) is 21.2. The Hall–Kier alpha value is -1.03. The first-order valence-corrected chi connectivity index (χ1v) is 6.91. The normalized spacial score (nSPS) is 18.3. The maximum absolute atomic E-state index is 9.98. The molecule has 29 heavy (non-hydrogen) atoms. The molecule has 16 nitrogen and oxygen atoms in total. The minimum absolute atomic E-state index is 0. The van der Waals surface area contributed by atoms with Crippen molar-refractivity contribution in [2.75, 3.05) is 13.2 Å². The van der Waals surface area contributed by atoms with E-state index >= 15 is 0 Å². The van der Waals surface area contributed by atoms with E-state index in [1.165, 1.54) is 0 Å². The van der Waals surface area contributed by atoms with E-state index in [1.54, 1.807) is 0 Å². The zero-order valence-corrected chi connectivity index (χ0v) is 15.5. The third-order valence-electron chi connectivity index (χ3n) is 2.99. The van der Waals surface area contributed by atoms with Gasteiger partial charge in [0.25, 0.3) is 0 Å². The van der Waals surface area contributed by atoms with Gasteiger partial charge < -0.3 is 81.8 Å². The molecule has 0 aliphatic heterocycles. The Labute approximate surface area is 173 Å². The van der Waals surface area contributed by atoms with Crippen molar-refractivity contribution in [3.05, 3.63) is 0 Å². The maximum atomic E-state index is 9.98. The molecule has 0 bridgehead atoms. The van der Waals surface area contributed by atoms with Crippen LogP contribution in [0.4, 0.5) is 0 Å². The van der Waals surface area contributed by atoms with Crippen molar-refractivity contribution in [3.8, 4) is 0 Å². The fourth-order valence-electron chi connectivity index (χ4n) is 1.32. The monoisotopic (exact) mass is 485 g/mol. The van der Waals surface area contributed by atoms with Gasteiger partial charge in [-0.25, -0.2) is 0 Å². The van der Waals surface area contributed by atoms with Crippen molar-refractivity contribution in [1.82, 2.24) is 0 Å². The van der Waals surface area contributed by atoms with Crippen LogP contribution in [0.2, 0.25) is 0 Å². The Balaban J connectivity index is -0.000000120. The van der Waals surface area contributed by atoms with Gasteiger partial charge in [0.1, 0.15) is 48.8 Å². The van der Waals surface area contributed by atoms with Gasteiger partial charge >= 0.3 is 16.8 Å². The number of aliphatic hydroxyl groups excluding tert-OH is 10. The van der Waals surface area contributed by atoms with Gasteiger partial charge in [0, 0.05) is 0 Å². The molecule has 0 saturated heterocycles. The van der Waals surface area contributed by atoms with Crippen LogP contribution >= 0.6 is 0 Å². The van der Waals surface area contributed by atoms with Crippen LogP contribution < -0.4 is 10.2 Å². The van der Waals surface area contributed by atoms with E-state index < -0.39 is 74.0 Å². The quantitative estimate of drug-likeness (QED) is 0.137. The topological polar surface area (TPSA) is 346 Å². The Morgan fingerprint density at radius 1 is 0.586 bits per heavy atom. The predicted molar refractivity (Wildman–Crippen MR) is 79.5 cm³/mol. The molecule has 0 aliphatic carbocycles. The first-order valence-electron chi connectivity index (χ1n) is 6.91. The first-order chi connectivity index (χ1) is 11.8. The van der Waals surface area contributed by atoms with Gasteiger partial charge in [0.15, 0.2) is 0 Å². The molecule has 0 spiro atoms. The van der Waals surface area contributed by atoms with E-state index in [2.05, 4.69) is 0 Å². The summed E-state index contributed by atoms with van der Waals surface area (Å²) >= 11 is 0. The average Bonchev–Trinajstić information content (AvgIpc) is 2.62. The Kier molecular flexibility index (Phi) is 25.2. The van der Waals surface area contributed by atoms with E-state index in [-0.39, 0.29) is 27.7 Å². The fraction of sp³-hybridized carbons (Fsp3) is 0.833. The van der Waals surface area contributed by atoms with Crippen molar-refractivity contribution < 1.29 is 98.6 Å². The number of aliphatic hydroxyl groups is 10. The van der Waals surface area contributed by atoms with Crippen LogP contribution in [-0.2, 0) is 26.4 Å². The van der Waals surface area contributed by atoms with Gasteiger partial charge in [-0.15, -0.1) is 0 Å². The van der Waals surface area contributed by atoms with Gasteiger partial charge in [-0.1, -0.05) is 0 Å². The molecular weight excluding hydrogens is 459 g/mol. The number of hydrogen-bond donors (Lipinski definition) is 10. The molecule has 0 amide bonds. The van der Waals surface area contributed by atoms with Crippen LogP contribution in [-0.4, -0.2) is 136 Å². The number of carbonyl (C=O) groups excluding carboxylic acids is 2. The maximum Gasteiger partial charge on any atom is 2.00 e. The van der Waals surface area contributed by atoms with Crippen molar-refractivity contribution in [3.63, 3.8) is 0 Å². The van der Waals surface area contributed by atoms with Gasteiger partial charge in [-0.05, 0) is 0 Å². The standard InChI is InChI=1S/2C6H12O7.Co.2H2O/c2*7-1-2(8)3(9)4(10)5(11)6(12)13;;;/h2*2-5,7-11H,1H2,(H,12,13);;2*1H2/q;;+2;;/p-2. The first kappa shape index (κ1) is 38.6. The number of carboxylic acid groups (broad SMARTS) is 2. The molecule has 17 heteroatoms. The van der Waals surface area contributed by atoms with Gasteiger partial charge in [0.05, 0.1) is 25.2 Å². The summed E-state index contributed by atoms with van der Waals surface area (Å²) in [6, 6.07) is 0. The van der Waals surface area contributed by atoms with E-state index in [1.807, 2.05) is 0 Å². The summed E-state index contributed by atoms with van der Waals surface area (Å²) in [5.41, 5.74) is 0. The molecule has 14 N–H and O–H groups in total. The van der Waals surface area contributed by atoms with Crippen molar-refractivity contribution in [2.45, 2.75) is 48.8 Å². The molecule has 8 atom stereocenters. The molecular formula is C12H26CoO16. The van der Waals surface area contributed by atoms with Crippen molar-refractivity contribution in [1.29, 1.82) is 0 Å². The minimum Gasteiger partial charge on any atom is -0.547 e. The van der Waals surface area contributed by atoms with Crippen molar-refractivity contribution >= 4 is 11.9 Å². The van der Waals surface area contributed by atoms with Crippen LogP contribution in [0.5, 0.6) is 0 Å². The summed E-state index contributed by atoms with van der Waals surface area (Å²) in [5.74, 6) is -3.95. The number of hydrogen-bond acceptors (Lipinski definition) is 14. The molecule has 0 aliphatic rings. The molecule has 0 aromatic carbocycles. The molecule has 0 aromatic heterocycles. The van der Waals surface area contributed by atoms with Crippen LogP contribution in [0.1, 0.15) is 0 Å². The summed E-state index contributed by atoms with van der Waals surface area (Å²) in [4.78, 5) is 20.0. The summed E-state index contributed by atoms with van der Waals surface area (Å²) in [6.07, 6.45) is -16.2. The van der Waals surface area contributed by atoms with E-state index in [9.17, 15) is 19.8 Å². The minimum atomic E-state index is -2.31. The van der Waals surface area contributed by atoms with Gasteiger partial charge in [0.2, 0.25) is 0 Å². The average molecular weight is 485 g/mol. The summed E-state index contributed by atoms with van der Waals surface area (Å²) in [7, 11) is 0. The summed E-state index contributed by atoms with van der Waals surface area (Å²) in [5, 5.41) is 107. The van der Waals surface area contributed by atoms with E-state index in [0.29, 0.717) is 0 Å². The van der Waals surface area contributed by atoms with Gasteiger partial charge in [-0.3, -0.25) is 0 Å². The third kappa shape index (κ3) is 13.7. The number of rotatable bonds is 10. The zero-order valence-electron chi connectivity index (χ0n) is 14.5. The van der Waals surface area contributed by atoms with Crippen molar-refractivity contribution in [2.24, 2.45) is 0 Å². The van der Waals surface area contributed by atoms with E-state index in [4.69, 9.17) is 51.1 Å². The van der Waals surface area contributed by atoms with Gasteiger partial charge in [-0.2, -0.15) is 0 Å². The molecule has 0 fully saturated rings. The number of carboxylic acids is 2. The number of carbonyl (C=O) groups is 2. The summed E-state index contributed by atoms with van der Waals surface area (Å²) < 4.78 is 0. The molecule has 1 radical (unpaired) electrons. The third-order valence-corrected chi connectivity index (χ3v) is 2.99. The molecule has 0 aromatic rings. The molecule has 0 saturated carbocycles. The van der Waals surface area contributed by atoms with Crippen LogP contribution in [0.25, 0.3) is 0 Å². The second-order valence-corrected chi connectivity index (χ2v) is 4.99. The second kappa shape index (κ2) is 19.0. The summed E-state index contributed by atoms with van der Waals surface area (Å²) in [6.45, 7) is -1.73. The molecule has 179 valence electrons. The smallest absolute Gasteiger partial charge is 0.547 e. The Morgan fingerprint density at radius 3 is 0.931 bits per heavy atom. The van der Waals surface area contributed by atoms with Crippen LogP contribution in [0.3, 0.4) is 0 Å². The number of aliphatic carboxylic acids is 2. The predicted octanol–water partition coefficient (Wildman–Crippen LogP) is -11.3. The van der Waals surface area contributed by atoms with Crippen LogP contribution in [0.15, 0.2) is 0 Å². The van der Waals surface area contributed by atoms with Crippen LogP contribution in [0, 0.1) is 0 Å². The van der Waals surface area contributed by atoms with E-state index in [0.717, 1.165) is 0 Å². The SMILES string of the molecule is O.O.O=C([O-])C(O)C(O)C(O)C(O)CO.O=C([O-])C(O)C(O)C(O)C(O)CO.[Co+2]. The largest absolute Gasteiger partial charge is 2.00 e. The molecule has 0 heterocycles. The molecule has 0 rings (SSSR count). The fourth-order valence-corrected chi connectivity index (χ4v) is 1.32.